The molecule has 2 aromatic heterocycles. The molecule has 1 fully saturated rings. The summed E-state index contributed by atoms with van der Waals surface area (Å²) >= 11 is 0. The van der Waals surface area contributed by atoms with Crippen LogP contribution in [0.1, 0.15) is 29.9 Å². The lowest BCUT2D eigenvalue weighted by Gasteiger charge is -2.26. The van der Waals surface area contributed by atoms with Crippen molar-refractivity contribution in [1.82, 2.24) is 20.4 Å². The number of aryl methyl sites for hydroxylation is 2. The van der Waals surface area contributed by atoms with E-state index >= 15 is 0 Å². The lowest BCUT2D eigenvalue weighted by molar-refractivity contribution is 0.391. The van der Waals surface area contributed by atoms with Crippen LogP contribution in [0.3, 0.4) is 0 Å². The highest BCUT2D eigenvalue weighted by Gasteiger charge is 2.25. The molecule has 3 rings (SSSR count). The Bertz CT molecular complexity index is 636. The highest BCUT2D eigenvalue weighted by Crippen LogP contribution is 2.24. The van der Waals surface area contributed by atoms with Crippen molar-refractivity contribution in [1.29, 1.82) is 0 Å². The van der Waals surface area contributed by atoms with Crippen molar-refractivity contribution in [2.75, 3.05) is 30.4 Å². The molecule has 0 spiro atoms. The molecule has 0 aromatic carbocycles. The Morgan fingerprint density at radius 1 is 1.35 bits per heavy atom. The number of anilines is 2. The zero-order valence-corrected chi connectivity index (χ0v) is 14.0. The Morgan fingerprint density at radius 2 is 2.22 bits per heavy atom. The van der Waals surface area contributed by atoms with Crippen LogP contribution >= 0.6 is 0 Å². The molecule has 0 bridgehead atoms. The molecule has 0 saturated carbocycles. The number of hydrogen-bond donors (Lipinski definition) is 2. The van der Waals surface area contributed by atoms with E-state index in [4.69, 9.17) is 4.52 Å². The summed E-state index contributed by atoms with van der Waals surface area (Å²) in [4.78, 5) is 11.0. The van der Waals surface area contributed by atoms with E-state index < -0.39 is 0 Å². The highest BCUT2D eigenvalue weighted by molar-refractivity contribution is 5.49. The third-order valence-electron chi connectivity index (χ3n) is 4.44. The van der Waals surface area contributed by atoms with Gasteiger partial charge in [-0.15, -0.1) is 0 Å². The fourth-order valence-electron chi connectivity index (χ4n) is 3.11. The summed E-state index contributed by atoms with van der Waals surface area (Å²) in [5, 5.41) is 10.6. The van der Waals surface area contributed by atoms with Crippen molar-refractivity contribution < 1.29 is 4.52 Å². The highest BCUT2D eigenvalue weighted by atomic mass is 16.5. The number of nitrogens with zero attached hydrogens (tertiary/aromatic N) is 4. The van der Waals surface area contributed by atoms with Gasteiger partial charge in [-0.1, -0.05) is 5.16 Å². The fourth-order valence-corrected chi connectivity index (χ4v) is 3.11. The van der Waals surface area contributed by atoms with Gasteiger partial charge in [-0.05, 0) is 26.7 Å². The smallest absolute Gasteiger partial charge is 0.138 e. The lowest BCUT2D eigenvalue weighted by Crippen LogP contribution is -2.38. The van der Waals surface area contributed by atoms with Crippen LogP contribution in [0, 0.1) is 13.8 Å². The summed E-state index contributed by atoms with van der Waals surface area (Å²) in [5.41, 5.74) is 2.13. The Hall–Kier alpha value is -2.15. The maximum atomic E-state index is 5.21. The molecule has 1 saturated heterocycles. The van der Waals surface area contributed by atoms with Crippen LogP contribution in [0.25, 0.3) is 0 Å². The van der Waals surface area contributed by atoms with Gasteiger partial charge in [0.15, 0.2) is 0 Å². The van der Waals surface area contributed by atoms with Gasteiger partial charge in [-0.2, -0.15) is 0 Å². The fraction of sp³-hybridized carbons (Fsp3) is 0.562. The summed E-state index contributed by atoms with van der Waals surface area (Å²) in [6.07, 6.45) is 3.98. The quantitative estimate of drug-likeness (QED) is 0.842. The van der Waals surface area contributed by atoms with Crippen LogP contribution in [-0.2, 0) is 6.54 Å². The van der Waals surface area contributed by atoms with Gasteiger partial charge in [0, 0.05) is 44.4 Å². The van der Waals surface area contributed by atoms with E-state index in [-0.39, 0.29) is 0 Å². The maximum Gasteiger partial charge on any atom is 0.138 e. The minimum Gasteiger partial charge on any atom is -0.373 e. The Labute approximate surface area is 136 Å². The average molecular weight is 316 g/mol. The molecule has 0 unspecified atom stereocenters. The second-order valence-corrected chi connectivity index (χ2v) is 5.93. The minimum atomic E-state index is 0.454. The van der Waals surface area contributed by atoms with E-state index in [0.29, 0.717) is 6.04 Å². The van der Waals surface area contributed by atoms with Crippen molar-refractivity contribution in [3.63, 3.8) is 0 Å². The first-order chi connectivity index (χ1) is 11.2. The van der Waals surface area contributed by atoms with Crippen LogP contribution in [0.5, 0.6) is 0 Å². The molecule has 23 heavy (non-hydrogen) atoms. The van der Waals surface area contributed by atoms with Gasteiger partial charge in [0.25, 0.3) is 0 Å². The molecule has 0 radical (unpaired) electrons. The SMILES string of the molecule is CNc1cc(N2CCC[C@H]2CNCc2c(C)noc2C)ncn1. The van der Waals surface area contributed by atoms with Gasteiger partial charge in [0.1, 0.15) is 23.7 Å². The first-order valence-corrected chi connectivity index (χ1v) is 8.08. The van der Waals surface area contributed by atoms with Gasteiger partial charge in [0.05, 0.1) is 5.69 Å². The monoisotopic (exact) mass is 316 g/mol. The first kappa shape index (κ1) is 15.7. The van der Waals surface area contributed by atoms with E-state index in [2.05, 4.69) is 30.7 Å². The molecular formula is C16H24N6O. The third kappa shape index (κ3) is 3.44. The van der Waals surface area contributed by atoms with Crippen LogP contribution in [0.2, 0.25) is 0 Å². The van der Waals surface area contributed by atoms with E-state index in [1.165, 1.54) is 12.8 Å². The van der Waals surface area contributed by atoms with Crippen LogP contribution < -0.4 is 15.5 Å². The molecular weight excluding hydrogens is 292 g/mol. The van der Waals surface area contributed by atoms with E-state index in [1.807, 2.05) is 27.0 Å². The standard InChI is InChI=1S/C16H24N6O/c1-11-14(12(2)23-21-11)9-18-8-13-5-4-6-22(13)16-7-15(17-3)19-10-20-16/h7,10,13,18H,4-6,8-9H2,1-3H3,(H,17,19,20)/t13-/m0/s1. The van der Waals surface area contributed by atoms with Crippen LogP contribution in [-0.4, -0.2) is 41.3 Å². The Morgan fingerprint density at radius 3 is 2.96 bits per heavy atom. The minimum absolute atomic E-state index is 0.454. The normalized spacial score (nSPS) is 17.7. The second kappa shape index (κ2) is 6.95. The van der Waals surface area contributed by atoms with Gasteiger partial charge in [0.2, 0.25) is 0 Å². The van der Waals surface area contributed by atoms with Crippen LogP contribution in [0.15, 0.2) is 16.9 Å². The second-order valence-electron chi connectivity index (χ2n) is 5.93. The number of hydrogen-bond acceptors (Lipinski definition) is 7. The Balaban J connectivity index is 1.61. The lowest BCUT2D eigenvalue weighted by atomic mass is 10.2. The van der Waals surface area contributed by atoms with E-state index in [0.717, 1.165) is 48.3 Å². The predicted octanol–water partition coefficient (Wildman–Crippen LogP) is 1.88. The molecule has 7 heteroatoms. The van der Waals surface area contributed by atoms with E-state index in [1.54, 1.807) is 6.33 Å². The third-order valence-corrected chi connectivity index (χ3v) is 4.44. The van der Waals surface area contributed by atoms with Gasteiger partial charge < -0.3 is 20.1 Å². The zero-order chi connectivity index (χ0) is 16.2. The molecule has 124 valence electrons. The number of nitrogens with one attached hydrogen (secondary N) is 2. The molecule has 7 nitrogen and oxygen atoms in total. The van der Waals surface area contributed by atoms with Crippen LogP contribution in [0.4, 0.5) is 11.6 Å². The maximum absolute atomic E-state index is 5.21. The van der Waals surface area contributed by atoms with Crippen molar-refractivity contribution >= 4 is 11.6 Å². The van der Waals surface area contributed by atoms with Gasteiger partial charge in [-0.3, -0.25) is 0 Å². The van der Waals surface area contributed by atoms with Crippen molar-refractivity contribution in [2.24, 2.45) is 0 Å². The Kier molecular flexibility index (Phi) is 4.76. The molecule has 1 atom stereocenters. The first-order valence-electron chi connectivity index (χ1n) is 8.08. The average Bonchev–Trinajstić information content (AvgIpc) is 3.16. The summed E-state index contributed by atoms with van der Waals surface area (Å²) in [6, 6.07) is 2.46. The molecule has 0 aliphatic carbocycles. The van der Waals surface area contributed by atoms with Crippen molar-refractivity contribution in [2.45, 2.75) is 39.3 Å². The molecule has 2 N–H and O–H groups in total. The van der Waals surface area contributed by atoms with Crippen molar-refractivity contribution in [3.05, 3.63) is 29.4 Å². The summed E-state index contributed by atoms with van der Waals surface area (Å²) < 4.78 is 5.21. The molecule has 3 heterocycles. The number of rotatable bonds is 6. The predicted molar refractivity (Wildman–Crippen MR) is 89.6 cm³/mol. The summed E-state index contributed by atoms with van der Waals surface area (Å²) in [5.74, 6) is 2.74. The molecule has 1 aliphatic heterocycles. The summed E-state index contributed by atoms with van der Waals surface area (Å²) in [6.45, 7) is 6.69. The molecule has 0 amide bonds. The van der Waals surface area contributed by atoms with Crippen molar-refractivity contribution in [3.8, 4) is 0 Å². The largest absolute Gasteiger partial charge is 0.373 e. The van der Waals surface area contributed by atoms with E-state index in [9.17, 15) is 0 Å². The zero-order valence-electron chi connectivity index (χ0n) is 14.0. The topological polar surface area (TPSA) is 79.1 Å². The van der Waals surface area contributed by atoms with Gasteiger partial charge in [-0.25, -0.2) is 9.97 Å². The number of aromatic nitrogens is 3. The van der Waals surface area contributed by atoms with Gasteiger partial charge >= 0.3 is 0 Å². The summed E-state index contributed by atoms with van der Waals surface area (Å²) in [7, 11) is 1.87. The molecule has 2 aromatic rings. The molecule has 1 aliphatic rings.